The van der Waals surface area contributed by atoms with Crippen molar-refractivity contribution in [1.29, 1.82) is 0 Å². The molecule has 0 aromatic rings. The molecule has 5 heteroatoms. The number of rotatable bonds is 4. The Kier molecular flexibility index (Phi) is 4.95. The fraction of sp³-hybridized carbons (Fsp3) is 1.00. The van der Waals surface area contributed by atoms with E-state index in [9.17, 15) is 5.11 Å². The first-order valence-electron chi connectivity index (χ1n) is 5.03. The number of hydrogen-bond donors (Lipinski definition) is 1. The van der Waals surface area contributed by atoms with Crippen molar-refractivity contribution in [3.05, 3.63) is 0 Å². The first-order chi connectivity index (χ1) is 7.15. The number of methoxy groups -OCH3 is 3. The average molecular weight is 220 g/mol. The summed E-state index contributed by atoms with van der Waals surface area (Å²) >= 11 is 0. The third kappa shape index (κ3) is 2.68. The molecule has 1 saturated heterocycles. The fourth-order valence-electron chi connectivity index (χ4n) is 2.01. The number of ether oxygens (including phenoxy) is 4. The monoisotopic (exact) mass is 220 g/mol. The zero-order valence-electron chi connectivity index (χ0n) is 9.67. The minimum Gasteiger partial charge on any atom is -0.382 e. The smallest absolute Gasteiger partial charge is 0.184 e. The molecule has 5 unspecified atom stereocenters. The van der Waals surface area contributed by atoms with E-state index in [1.165, 1.54) is 7.11 Å². The van der Waals surface area contributed by atoms with Gasteiger partial charge >= 0.3 is 0 Å². The van der Waals surface area contributed by atoms with Crippen LogP contribution in [0.2, 0.25) is 0 Å². The number of aliphatic hydroxyl groups excluding tert-OH is 1. The van der Waals surface area contributed by atoms with Crippen molar-refractivity contribution in [2.24, 2.45) is 5.92 Å². The highest BCUT2D eigenvalue weighted by Gasteiger charge is 2.43. The minimum absolute atomic E-state index is 0.114. The number of aliphatic hydroxyl groups is 1. The Hall–Kier alpha value is -0.200. The van der Waals surface area contributed by atoms with Crippen molar-refractivity contribution >= 4 is 0 Å². The maximum atomic E-state index is 9.70. The van der Waals surface area contributed by atoms with Gasteiger partial charge in [-0.25, -0.2) is 0 Å². The van der Waals surface area contributed by atoms with Gasteiger partial charge in [0.2, 0.25) is 0 Å². The summed E-state index contributed by atoms with van der Waals surface area (Å²) in [5, 5.41) is 9.70. The van der Waals surface area contributed by atoms with E-state index < -0.39 is 12.4 Å². The lowest BCUT2D eigenvalue weighted by Crippen LogP contribution is -2.56. The van der Waals surface area contributed by atoms with Gasteiger partial charge in [-0.1, -0.05) is 6.92 Å². The zero-order valence-corrected chi connectivity index (χ0v) is 9.67. The largest absolute Gasteiger partial charge is 0.382 e. The quantitative estimate of drug-likeness (QED) is 0.723. The van der Waals surface area contributed by atoms with Gasteiger partial charge in [0, 0.05) is 27.2 Å². The fourth-order valence-corrected chi connectivity index (χ4v) is 2.01. The SMILES string of the molecule is COCC1OC(O)C(OC)C(OC)C1C. The summed E-state index contributed by atoms with van der Waals surface area (Å²) in [6, 6.07) is 0. The summed E-state index contributed by atoms with van der Waals surface area (Å²) in [6.45, 7) is 2.43. The van der Waals surface area contributed by atoms with Gasteiger partial charge in [-0.15, -0.1) is 0 Å². The summed E-state index contributed by atoms with van der Waals surface area (Å²) in [4.78, 5) is 0. The summed E-state index contributed by atoms with van der Waals surface area (Å²) in [6.07, 6.45) is -1.75. The van der Waals surface area contributed by atoms with Gasteiger partial charge in [-0.3, -0.25) is 0 Å². The molecule has 0 spiro atoms. The second-order valence-corrected chi connectivity index (χ2v) is 3.78. The molecule has 1 heterocycles. The molecule has 1 rings (SSSR count). The van der Waals surface area contributed by atoms with Crippen LogP contribution in [0.5, 0.6) is 0 Å². The Morgan fingerprint density at radius 2 is 1.73 bits per heavy atom. The van der Waals surface area contributed by atoms with Crippen LogP contribution in [0.1, 0.15) is 6.92 Å². The van der Waals surface area contributed by atoms with Gasteiger partial charge < -0.3 is 24.1 Å². The van der Waals surface area contributed by atoms with Crippen LogP contribution in [0.25, 0.3) is 0 Å². The summed E-state index contributed by atoms with van der Waals surface area (Å²) < 4.78 is 20.9. The molecule has 0 amide bonds. The Morgan fingerprint density at radius 1 is 1.13 bits per heavy atom. The van der Waals surface area contributed by atoms with Crippen molar-refractivity contribution in [2.45, 2.75) is 31.5 Å². The van der Waals surface area contributed by atoms with E-state index in [-0.39, 0.29) is 18.1 Å². The highest BCUT2D eigenvalue weighted by atomic mass is 16.7. The predicted octanol–water partition coefficient (Wildman–Crippen LogP) is 0.0161. The van der Waals surface area contributed by atoms with Crippen LogP contribution < -0.4 is 0 Å². The highest BCUT2D eigenvalue weighted by molar-refractivity contribution is 4.88. The van der Waals surface area contributed by atoms with Crippen LogP contribution in [-0.4, -0.2) is 57.6 Å². The van der Waals surface area contributed by atoms with Crippen molar-refractivity contribution in [1.82, 2.24) is 0 Å². The minimum atomic E-state index is -0.962. The molecule has 0 saturated carbocycles. The van der Waals surface area contributed by atoms with Crippen LogP contribution >= 0.6 is 0 Å². The summed E-state index contributed by atoms with van der Waals surface area (Å²) in [7, 11) is 4.74. The Labute approximate surface area is 90.3 Å². The Balaban J connectivity index is 2.70. The van der Waals surface area contributed by atoms with E-state index in [0.717, 1.165) is 0 Å². The molecule has 0 aromatic carbocycles. The zero-order chi connectivity index (χ0) is 11.4. The molecular formula is C10H20O5. The second-order valence-electron chi connectivity index (χ2n) is 3.78. The molecule has 1 aliphatic heterocycles. The average Bonchev–Trinajstić information content (AvgIpc) is 2.22. The Morgan fingerprint density at radius 3 is 2.20 bits per heavy atom. The maximum Gasteiger partial charge on any atom is 0.184 e. The maximum absolute atomic E-state index is 9.70. The molecule has 0 aromatic heterocycles. The lowest BCUT2D eigenvalue weighted by atomic mass is 9.91. The van der Waals surface area contributed by atoms with Crippen molar-refractivity contribution in [3.63, 3.8) is 0 Å². The summed E-state index contributed by atoms with van der Waals surface area (Å²) in [5.74, 6) is 0.114. The van der Waals surface area contributed by atoms with E-state index >= 15 is 0 Å². The molecule has 5 atom stereocenters. The molecule has 1 N–H and O–H groups in total. The van der Waals surface area contributed by atoms with Gasteiger partial charge in [-0.05, 0) is 0 Å². The van der Waals surface area contributed by atoms with E-state index in [1.807, 2.05) is 6.92 Å². The van der Waals surface area contributed by atoms with Crippen LogP contribution in [0.3, 0.4) is 0 Å². The lowest BCUT2D eigenvalue weighted by Gasteiger charge is -2.42. The Bertz CT molecular complexity index is 187. The van der Waals surface area contributed by atoms with Gasteiger partial charge in [-0.2, -0.15) is 0 Å². The third-order valence-electron chi connectivity index (χ3n) is 2.90. The first-order valence-corrected chi connectivity index (χ1v) is 5.03. The molecule has 0 radical (unpaired) electrons. The molecule has 1 fully saturated rings. The first kappa shape index (κ1) is 12.9. The lowest BCUT2D eigenvalue weighted by molar-refractivity contribution is -0.282. The van der Waals surface area contributed by atoms with E-state index in [1.54, 1.807) is 14.2 Å². The van der Waals surface area contributed by atoms with Crippen LogP contribution in [0.4, 0.5) is 0 Å². The van der Waals surface area contributed by atoms with E-state index in [4.69, 9.17) is 18.9 Å². The second kappa shape index (κ2) is 5.77. The van der Waals surface area contributed by atoms with Gasteiger partial charge in [0.1, 0.15) is 6.10 Å². The molecule has 1 aliphatic rings. The van der Waals surface area contributed by atoms with Crippen molar-refractivity contribution < 1.29 is 24.1 Å². The van der Waals surface area contributed by atoms with E-state index in [2.05, 4.69) is 0 Å². The van der Waals surface area contributed by atoms with E-state index in [0.29, 0.717) is 6.61 Å². The van der Waals surface area contributed by atoms with Crippen LogP contribution in [-0.2, 0) is 18.9 Å². The molecular weight excluding hydrogens is 200 g/mol. The van der Waals surface area contributed by atoms with Crippen LogP contribution in [0.15, 0.2) is 0 Å². The normalized spacial score (nSPS) is 41.8. The van der Waals surface area contributed by atoms with Crippen LogP contribution in [0, 0.1) is 5.92 Å². The molecule has 15 heavy (non-hydrogen) atoms. The van der Waals surface area contributed by atoms with Gasteiger partial charge in [0.25, 0.3) is 0 Å². The highest BCUT2D eigenvalue weighted by Crippen LogP contribution is 2.28. The standard InChI is InChI=1S/C10H20O5/c1-6-7(5-12-2)15-10(11)9(14-4)8(6)13-3/h6-11H,5H2,1-4H3. The third-order valence-corrected chi connectivity index (χ3v) is 2.90. The molecule has 5 nitrogen and oxygen atoms in total. The van der Waals surface area contributed by atoms with Gasteiger partial charge in [0.05, 0.1) is 18.8 Å². The predicted molar refractivity (Wildman–Crippen MR) is 53.5 cm³/mol. The van der Waals surface area contributed by atoms with Crippen molar-refractivity contribution in [2.75, 3.05) is 27.9 Å². The molecule has 90 valence electrons. The molecule has 0 aliphatic carbocycles. The summed E-state index contributed by atoms with van der Waals surface area (Å²) in [5.41, 5.74) is 0. The van der Waals surface area contributed by atoms with Crippen molar-refractivity contribution in [3.8, 4) is 0 Å². The topological polar surface area (TPSA) is 57.2 Å². The van der Waals surface area contributed by atoms with Gasteiger partial charge in [0.15, 0.2) is 6.29 Å². The molecule has 0 bridgehead atoms. The number of hydrogen-bond acceptors (Lipinski definition) is 5.